The molecule has 1 aliphatic rings. The molecule has 0 bridgehead atoms. The number of methoxy groups -OCH3 is 1. The molecule has 0 N–H and O–H groups in total. The highest BCUT2D eigenvalue weighted by atomic mass is 16.6. The number of hydrogen-bond donors (Lipinski definition) is 0. The van der Waals surface area contributed by atoms with Crippen molar-refractivity contribution in [2.45, 2.75) is 12.8 Å². The third-order valence-electron chi connectivity index (χ3n) is 4.30. The zero-order chi connectivity index (χ0) is 17.7. The fourth-order valence-corrected chi connectivity index (χ4v) is 2.73. The van der Waals surface area contributed by atoms with E-state index in [2.05, 4.69) is 0 Å². The van der Waals surface area contributed by atoms with E-state index in [4.69, 9.17) is 4.74 Å². The largest absolute Gasteiger partial charge is 0.469 e. The highest BCUT2D eigenvalue weighted by Gasteiger charge is 2.27. The summed E-state index contributed by atoms with van der Waals surface area (Å²) in [5.74, 6) is -0.377. The summed E-state index contributed by atoms with van der Waals surface area (Å²) in [7, 11) is 3.03. The van der Waals surface area contributed by atoms with E-state index < -0.39 is 4.92 Å². The van der Waals surface area contributed by atoms with Gasteiger partial charge in [0, 0.05) is 24.9 Å². The number of ether oxygens (including phenoxy) is 1. The molecule has 0 radical (unpaired) electrons. The summed E-state index contributed by atoms with van der Waals surface area (Å²) >= 11 is 0. The maximum Gasteiger partial charge on any atom is 0.308 e. The van der Waals surface area contributed by atoms with Gasteiger partial charge in [0.2, 0.25) is 5.91 Å². The van der Waals surface area contributed by atoms with E-state index in [1.807, 2.05) is 4.90 Å². The number of hydrogen-bond acceptors (Lipinski definition) is 6. The Morgan fingerprint density at radius 2 is 1.88 bits per heavy atom. The quantitative estimate of drug-likeness (QED) is 0.459. The van der Waals surface area contributed by atoms with Crippen LogP contribution in [0, 0.1) is 16.0 Å². The minimum atomic E-state index is -0.475. The molecule has 8 nitrogen and oxygen atoms in total. The lowest BCUT2D eigenvalue weighted by atomic mass is 9.97. The molecule has 0 aromatic heterocycles. The minimum absolute atomic E-state index is 0.00974. The highest BCUT2D eigenvalue weighted by molar-refractivity contribution is 5.94. The summed E-state index contributed by atoms with van der Waals surface area (Å²) < 4.78 is 4.75. The van der Waals surface area contributed by atoms with Crippen LogP contribution in [-0.4, -0.2) is 55.5 Å². The van der Waals surface area contributed by atoms with E-state index in [1.165, 1.54) is 24.1 Å². The van der Waals surface area contributed by atoms with E-state index in [0.717, 1.165) is 0 Å². The zero-order valence-corrected chi connectivity index (χ0v) is 13.8. The molecule has 0 saturated carbocycles. The molecule has 1 amide bonds. The third kappa shape index (κ3) is 4.29. The fourth-order valence-electron chi connectivity index (χ4n) is 2.73. The Balaban J connectivity index is 1.88. The monoisotopic (exact) mass is 335 g/mol. The molecular weight excluding hydrogens is 314 g/mol. The summed E-state index contributed by atoms with van der Waals surface area (Å²) in [4.78, 5) is 37.5. The van der Waals surface area contributed by atoms with E-state index >= 15 is 0 Å². The van der Waals surface area contributed by atoms with Gasteiger partial charge in [-0.3, -0.25) is 24.6 Å². The number of benzene rings is 1. The number of anilines is 1. The van der Waals surface area contributed by atoms with Crippen molar-refractivity contribution >= 4 is 23.3 Å². The molecule has 0 aliphatic carbocycles. The Labute approximate surface area is 140 Å². The van der Waals surface area contributed by atoms with Crippen molar-refractivity contribution in [3.05, 3.63) is 34.4 Å². The van der Waals surface area contributed by atoms with Gasteiger partial charge in [0.15, 0.2) is 0 Å². The number of carbonyl (C=O) groups is 2. The van der Waals surface area contributed by atoms with Crippen LogP contribution in [0.2, 0.25) is 0 Å². The van der Waals surface area contributed by atoms with Crippen LogP contribution in [0.3, 0.4) is 0 Å². The van der Waals surface area contributed by atoms with Gasteiger partial charge < -0.3 is 9.64 Å². The molecule has 2 rings (SSSR count). The van der Waals surface area contributed by atoms with Crippen molar-refractivity contribution in [1.82, 2.24) is 4.90 Å². The lowest BCUT2D eigenvalue weighted by molar-refractivity contribution is -0.384. The summed E-state index contributed by atoms with van der Waals surface area (Å²) in [6.45, 7) is 1.58. The number of carbonyl (C=O) groups excluding carboxylic acids is 2. The van der Waals surface area contributed by atoms with E-state index in [-0.39, 0.29) is 30.0 Å². The van der Waals surface area contributed by atoms with Crippen molar-refractivity contribution in [3.8, 4) is 0 Å². The van der Waals surface area contributed by atoms with Gasteiger partial charge in [-0.15, -0.1) is 0 Å². The zero-order valence-electron chi connectivity index (χ0n) is 13.8. The number of likely N-dealkylation sites (N-methyl/N-ethyl adjacent to an activating group) is 1. The van der Waals surface area contributed by atoms with Crippen LogP contribution in [0.1, 0.15) is 12.8 Å². The number of amides is 1. The second-order valence-electron chi connectivity index (χ2n) is 5.80. The molecule has 1 fully saturated rings. The summed E-state index contributed by atoms with van der Waals surface area (Å²) in [5, 5.41) is 10.7. The normalized spacial score (nSPS) is 15.8. The van der Waals surface area contributed by atoms with Gasteiger partial charge in [-0.25, -0.2) is 0 Å². The molecule has 8 heteroatoms. The molecule has 1 saturated heterocycles. The predicted octanol–water partition coefficient (Wildman–Crippen LogP) is 1.44. The van der Waals surface area contributed by atoms with Crippen LogP contribution in [0.5, 0.6) is 0 Å². The molecule has 1 aromatic carbocycles. The Kier molecular flexibility index (Phi) is 5.86. The van der Waals surface area contributed by atoms with Gasteiger partial charge in [-0.1, -0.05) is 0 Å². The molecule has 1 aromatic rings. The van der Waals surface area contributed by atoms with Crippen LogP contribution in [-0.2, 0) is 14.3 Å². The van der Waals surface area contributed by atoms with Crippen LogP contribution in [0.25, 0.3) is 0 Å². The lowest BCUT2D eigenvalue weighted by Gasteiger charge is -2.31. The average Bonchev–Trinajstić information content (AvgIpc) is 2.61. The lowest BCUT2D eigenvalue weighted by Crippen LogP contribution is -2.43. The minimum Gasteiger partial charge on any atom is -0.469 e. The second kappa shape index (κ2) is 7.87. The third-order valence-corrected chi connectivity index (χ3v) is 4.30. The van der Waals surface area contributed by atoms with Gasteiger partial charge in [-0.05, 0) is 38.1 Å². The van der Waals surface area contributed by atoms with Crippen LogP contribution in [0.4, 0.5) is 11.4 Å². The first-order chi connectivity index (χ1) is 11.4. The first-order valence-electron chi connectivity index (χ1n) is 7.73. The highest BCUT2D eigenvalue weighted by Crippen LogP contribution is 2.20. The fraction of sp³-hybridized carbons (Fsp3) is 0.500. The number of rotatable bonds is 5. The van der Waals surface area contributed by atoms with Crippen LogP contribution in [0.15, 0.2) is 24.3 Å². The van der Waals surface area contributed by atoms with Crippen molar-refractivity contribution in [1.29, 1.82) is 0 Å². The standard InChI is InChI=1S/C16H21N3O5/c1-17(13-3-5-14(6-4-13)19(22)23)15(20)11-18-9-7-12(8-10-18)16(21)24-2/h3-6,12H,7-11H2,1-2H3. The van der Waals surface area contributed by atoms with Crippen molar-refractivity contribution in [2.24, 2.45) is 5.92 Å². The molecule has 0 atom stereocenters. The van der Waals surface area contributed by atoms with Crippen molar-refractivity contribution in [3.63, 3.8) is 0 Å². The number of nitro groups is 1. The first-order valence-corrected chi connectivity index (χ1v) is 7.73. The second-order valence-corrected chi connectivity index (χ2v) is 5.80. The number of nitro benzene ring substituents is 1. The molecule has 0 spiro atoms. The predicted molar refractivity (Wildman–Crippen MR) is 87.7 cm³/mol. The summed E-state index contributed by atoms with van der Waals surface area (Å²) in [5.41, 5.74) is 0.597. The number of esters is 1. The first kappa shape index (κ1) is 17.9. The Hall–Kier alpha value is -2.48. The van der Waals surface area contributed by atoms with Crippen LogP contribution < -0.4 is 4.90 Å². The number of likely N-dealkylation sites (tertiary alicyclic amines) is 1. The maximum atomic E-state index is 12.4. The summed E-state index contributed by atoms with van der Waals surface area (Å²) in [6, 6.07) is 5.86. The van der Waals surface area contributed by atoms with Gasteiger partial charge in [0.05, 0.1) is 24.5 Å². The van der Waals surface area contributed by atoms with E-state index in [1.54, 1.807) is 19.2 Å². The number of nitrogens with zero attached hydrogens (tertiary/aromatic N) is 3. The molecule has 130 valence electrons. The SMILES string of the molecule is COC(=O)C1CCN(CC(=O)N(C)c2ccc([N+](=O)[O-])cc2)CC1. The summed E-state index contributed by atoms with van der Waals surface area (Å²) in [6.07, 6.45) is 1.36. The Morgan fingerprint density at radius 3 is 2.38 bits per heavy atom. The van der Waals surface area contributed by atoms with E-state index in [9.17, 15) is 19.7 Å². The molecule has 1 heterocycles. The van der Waals surface area contributed by atoms with Gasteiger partial charge in [0.25, 0.3) is 5.69 Å². The van der Waals surface area contributed by atoms with Crippen molar-refractivity contribution < 1.29 is 19.2 Å². The number of non-ortho nitro benzene ring substituents is 1. The molecule has 1 aliphatic heterocycles. The Morgan fingerprint density at radius 1 is 1.29 bits per heavy atom. The van der Waals surface area contributed by atoms with Crippen molar-refractivity contribution in [2.75, 3.05) is 38.7 Å². The molecular formula is C16H21N3O5. The maximum absolute atomic E-state index is 12.4. The van der Waals surface area contributed by atoms with Gasteiger partial charge >= 0.3 is 5.97 Å². The smallest absolute Gasteiger partial charge is 0.308 e. The average molecular weight is 335 g/mol. The van der Waals surface area contributed by atoms with Gasteiger partial charge in [-0.2, -0.15) is 0 Å². The topological polar surface area (TPSA) is 93.0 Å². The van der Waals surface area contributed by atoms with E-state index in [0.29, 0.717) is 31.6 Å². The Bertz CT molecular complexity index is 609. The number of piperidine rings is 1. The van der Waals surface area contributed by atoms with Gasteiger partial charge in [0.1, 0.15) is 0 Å². The van der Waals surface area contributed by atoms with Crippen LogP contribution >= 0.6 is 0 Å². The molecule has 24 heavy (non-hydrogen) atoms. The molecule has 0 unspecified atom stereocenters.